The highest BCUT2D eigenvalue weighted by Crippen LogP contribution is 2.04. The second-order valence-electron chi connectivity index (χ2n) is 5.47. The number of rotatable bonds is 6. The van der Waals surface area contributed by atoms with Crippen LogP contribution in [0.1, 0.15) is 18.2 Å². The fraction of sp³-hybridized carbons (Fsp3) is 0.500. The van der Waals surface area contributed by atoms with Gasteiger partial charge in [-0.2, -0.15) is 5.10 Å². The van der Waals surface area contributed by atoms with Crippen LogP contribution in [0.25, 0.3) is 0 Å². The smallest absolute Gasteiger partial charge is 0.194 e. The third kappa shape index (κ3) is 5.89. The zero-order valence-corrected chi connectivity index (χ0v) is 16.7. The van der Waals surface area contributed by atoms with Gasteiger partial charge in [-0.1, -0.05) is 0 Å². The monoisotopic (exact) mass is 430 g/mol. The Bertz CT molecular complexity index is 616. The van der Waals surface area contributed by atoms with Crippen molar-refractivity contribution in [3.8, 4) is 0 Å². The molecule has 2 heterocycles. The van der Waals surface area contributed by atoms with Gasteiger partial charge in [-0.25, -0.2) is 0 Å². The maximum Gasteiger partial charge on any atom is 0.194 e. The molecule has 0 atom stereocenters. The molecule has 0 aliphatic rings. The average Bonchev–Trinajstić information content (AvgIpc) is 3.07. The molecule has 6 nitrogen and oxygen atoms in total. The second kappa shape index (κ2) is 9.59. The molecule has 7 heteroatoms. The molecule has 23 heavy (non-hydrogen) atoms. The van der Waals surface area contributed by atoms with Crippen molar-refractivity contribution >= 4 is 29.9 Å². The number of nitrogens with one attached hydrogen (secondary N) is 1. The number of hydrogen-bond acceptors (Lipinski definition) is 2. The molecule has 0 spiro atoms. The van der Waals surface area contributed by atoms with Crippen LogP contribution in [0.5, 0.6) is 0 Å². The standard InChI is InChI=1S/C16H26N6.HI/c1-5-17-16(18-9-8-14-11-19-22(4)12-14)21(3)13-15-7-6-10-20(15)2;/h6-7,10-12H,5,8-9,13H2,1-4H3,(H,17,18);1H. The van der Waals surface area contributed by atoms with Gasteiger partial charge in [0.1, 0.15) is 0 Å². The summed E-state index contributed by atoms with van der Waals surface area (Å²) < 4.78 is 3.96. The van der Waals surface area contributed by atoms with Gasteiger partial charge in [0.2, 0.25) is 0 Å². The Labute approximate surface area is 155 Å². The number of halogens is 1. The number of hydrogen-bond donors (Lipinski definition) is 1. The zero-order chi connectivity index (χ0) is 15.9. The third-order valence-corrected chi connectivity index (χ3v) is 3.57. The number of guanidine groups is 1. The van der Waals surface area contributed by atoms with Crippen LogP contribution >= 0.6 is 24.0 Å². The highest BCUT2D eigenvalue weighted by Gasteiger charge is 2.08. The summed E-state index contributed by atoms with van der Waals surface area (Å²) in [5.41, 5.74) is 2.48. The van der Waals surface area contributed by atoms with Crippen molar-refractivity contribution in [1.29, 1.82) is 0 Å². The van der Waals surface area contributed by atoms with Crippen molar-refractivity contribution in [2.75, 3.05) is 20.1 Å². The molecule has 1 N–H and O–H groups in total. The summed E-state index contributed by atoms with van der Waals surface area (Å²) in [6.07, 6.45) is 6.91. The molecular weight excluding hydrogens is 403 g/mol. The van der Waals surface area contributed by atoms with Crippen molar-refractivity contribution in [3.05, 3.63) is 42.0 Å². The first-order valence-electron chi connectivity index (χ1n) is 7.67. The number of aromatic nitrogens is 3. The maximum absolute atomic E-state index is 4.71. The third-order valence-electron chi connectivity index (χ3n) is 3.57. The van der Waals surface area contributed by atoms with Crippen LogP contribution in [-0.4, -0.2) is 45.3 Å². The van der Waals surface area contributed by atoms with Gasteiger partial charge >= 0.3 is 0 Å². The minimum Gasteiger partial charge on any atom is -0.357 e. The molecule has 0 bridgehead atoms. The summed E-state index contributed by atoms with van der Waals surface area (Å²) >= 11 is 0. The Kier molecular flexibility index (Phi) is 8.15. The van der Waals surface area contributed by atoms with E-state index in [9.17, 15) is 0 Å². The van der Waals surface area contributed by atoms with Gasteiger partial charge < -0.3 is 14.8 Å². The van der Waals surface area contributed by atoms with Crippen LogP contribution in [-0.2, 0) is 27.1 Å². The molecule has 0 aliphatic carbocycles. The van der Waals surface area contributed by atoms with Crippen LogP contribution in [0.3, 0.4) is 0 Å². The quantitative estimate of drug-likeness (QED) is 0.434. The highest BCUT2D eigenvalue weighted by molar-refractivity contribution is 14.0. The van der Waals surface area contributed by atoms with Crippen LogP contribution < -0.4 is 5.32 Å². The Morgan fingerprint density at radius 3 is 2.74 bits per heavy atom. The van der Waals surface area contributed by atoms with Crippen molar-refractivity contribution in [3.63, 3.8) is 0 Å². The SMILES string of the molecule is CCNC(=NCCc1cnn(C)c1)N(C)Cc1cccn1C.I. The Morgan fingerprint density at radius 2 is 2.17 bits per heavy atom. The lowest BCUT2D eigenvalue weighted by atomic mass is 10.2. The van der Waals surface area contributed by atoms with Gasteiger partial charge in [-0.15, -0.1) is 24.0 Å². The van der Waals surface area contributed by atoms with Gasteiger partial charge in [-0.05, 0) is 31.0 Å². The van der Waals surface area contributed by atoms with Crippen molar-refractivity contribution in [1.82, 2.24) is 24.6 Å². The van der Waals surface area contributed by atoms with Crippen molar-refractivity contribution in [2.45, 2.75) is 19.9 Å². The van der Waals surface area contributed by atoms with E-state index in [1.54, 1.807) is 0 Å². The predicted molar refractivity (Wildman–Crippen MR) is 105 cm³/mol. The summed E-state index contributed by atoms with van der Waals surface area (Å²) in [6, 6.07) is 4.20. The van der Waals surface area contributed by atoms with Gasteiger partial charge in [0.05, 0.1) is 12.7 Å². The van der Waals surface area contributed by atoms with E-state index < -0.39 is 0 Å². The first-order valence-corrected chi connectivity index (χ1v) is 7.67. The summed E-state index contributed by atoms with van der Waals surface area (Å²) in [5, 5.41) is 7.54. The van der Waals surface area contributed by atoms with E-state index in [1.165, 1.54) is 11.3 Å². The first kappa shape index (κ1) is 19.5. The highest BCUT2D eigenvalue weighted by atomic mass is 127. The van der Waals surface area contributed by atoms with Crippen LogP contribution in [0.15, 0.2) is 35.7 Å². The molecule has 0 aliphatic heterocycles. The lowest BCUT2D eigenvalue weighted by Gasteiger charge is -2.22. The molecule has 0 amide bonds. The molecule has 0 unspecified atom stereocenters. The minimum absolute atomic E-state index is 0. The van der Waals surface area contributed by atoms with E-state index in [-0.39, 0.29) is 24.0 Å². The van der Waals surface area contributed by atoms with Crippen LogP contribution in [0.4, 0.5) is 0 Å². The maximum atomic E-state index is 4.71. The largest absolute Gasteiger partial charge is 0.357 e. The van der Waals surface area contributed by atoms with E-state index in [1.807, 2.05) is 24.1 Å². The van der Waals surface area contributed by atoms with Crippen molar-refractivity contribution < 1.29 is 0 Å². The van der Waals surface area contributed by atoms with E-state index >= 15 is 0 Å². The van der Waals surface area contributed by atoms with E-state index in [4.69, 9.17) is 4.99 Å². The Morgan fingerprint density at radius 1 is 1.39 bits per heavy atom. The van der Waals surface area contributed by atoms with Crippen molar-refractivity contribution in [2.24, 2.45) is 19.1 Å². The molecule has 0 saturated heterocycles. The zero-order valence-electron chi connectivity index (χ0n) is 14.4. The summed E-state index contributed by atoms with van der Waals surface area (Å²) in [5.74, 6) is 0.938. The molecule has 2 aromatic heterocycles. The predicted octanol–water partition coefficient (Wildman–Crippen LogP) is 2.02. The Hall–Kier alpha value is -1.51. The van der Waals surface area contributed by atoms with E-state index in [2.05, 4.69) is 59.2 Å². The number of aryl methyl sites for hydroxylation is 2. The van der Waals surface area contributed by atoms with Gasteiger partial charge in [0.15, 0.2) is 5.96 Å². The molecule has 0 fully saturated rings. The number of nitrogens with zero attached hydrogens (tertiary/aromatic N) is 5. The lowest BCUT2D eigenvalue weighted by Crippen LogP contribution is -2.39. The summed E-state index contributed by atoms with van der Waals surface area (Å²) in [7, 11) is 6.07. The van der Waals surface area contributed by atoms with Crippen LogP contribution in [0, 0.1) is 0 Å². The molecule has 0 radical (unpaired) electrons. The minimum atomic E-state index is 0. The van der Waals surface area contributed by atoms with E-state index in [0.29, 0.717) is 0 Å². The fourth-order valence-corrected chi connectivity index (χ4v) is 2.34. The Balaban J connectivity index is 0.00000264. The number of aliphatic imine (C=N–C) groups is 1. The van der Waals surface area contributed by atoms with Gasteiger partial charge in [0, 0.05) is 52.3 Å². The topological polar surface area (TPSA) is 50.4 Å². The van der Waals surface area contributed by atoms with Gasteiger partial charge in [-0.3, -0.25) is 9.67 Å². The fourth-order valence-electron chi connectivity index (χ4n) is 2.34. The molecule has 0 aromatic carbocycles. The molecule has 2 aromatic rings. The summed E-state index contributed by atoms with van der Waals surface area (Å²) in [4.78, 5) is 6.87. The summed E-state index contributed by atoms with van der Waals surface area (Å²) in [6.45, 7) is 4.55. The normalized spacial score (nSPS) is 11.2. The molecule has 2 rings (SSSR count). The van der Waals surface area contributed by atoms with E-state index in [0.717, 1.165) is 32.0 Å². The average molecular weight is 430 g/mol. The second-order valence-corrected chi connectivity index (χ2v) is 5.47. The van der Waals surface area contributed by atoms with Crippen LogP contribution in [0.2, 0.25) is 0 Å². The lowest BCUT2D eigenvalue weighted by molar-refractivity contribution is 0.462. The molecular formula is C16H27IN6. The molecule has 0 saturated carbocycles. The van der Waals surface area contributed by atoms with Gasteiger partial charge in [0.25, 0.3) is 0 Å². The first-order chi connectivity index (χ1) is 10.6. The molecule has 128 valence electrons.